The van der Waals surface area contributed by atoms with E-state index in [2.05, 4.69) is 12.2 Å². The van der Waals surface area contributed by atoms with Crippen molar-refractivity contribution in [3.8, 4) is 0 Å². The Kier molecular flexibility index (Phi) is 4.24. The Morgan fingerprint density at radius 3 is 2.17 bits per heavy atom. The molecule has 1 aliphatic heterocycles. The third-order valence-electron chi connectivity index (χ3n) is 2.93. The summed E-state index contributed by atoms with van der Waals surface area (Å²) in [5.74, 6) is 0.0642. The van der Waals surface area contributed by atoms with Gasteiger partial charge in [0.2, 0.25) is 5.91 Å². The van der Waals surface area contributed by atoms with Gasteiger partial charge in [-0.3, -0.25) is 4.79 Å². The van der Waals surface area contributed by atoms with Crippen LogP contribution in [-0.2, 0) is 9.53 Å². The highest BCUT2D eigenvalue weighted by Crippen LogP contribution is 2.22. The van der Waals surface area contributed by atoms with Crippen molar-refractivity contribution >= 4 is 12.0 Å². The van der Waals surface area contributed by atoms with Crippen LogP contribution in [0.3, 0.4) is 0 Å². The number of alkyl carbamates (subject to hydrolysis) is 1. The van der Waals surface area contributed by atoms with Gasteiger partial charge in [-0.15, -0.1) is 0 Å². The van der Waals surface area contributed by atoms with Gasteiger partial charge in [0.1, 0.15) is 5.60 Å². The van der Waals surface area contributed by atoms with Crippen LogP contribution in [0, 0.1) is 6.92 Å². The topological polar surface area (TPSA) is 58.6 Å². The van der Waals surface area contributed by atoms with Crippen LogP contribution in [0.25, 0.3) is 0 Å². The van der Waals surface area contributed by atoms with Gasteiger partial charge in [0, 0.05) is 25.6 Å². The van der Waals surface area contributed by atoms with E-state index in [-0.39, 0.29) is 5.91 Å². The lowest BCUT2D eigenvalue weighted by Gasteiger charge is -2.39. The van der Waals surface area contributed by atoms with Gasteiger partial charge in [0.25, 0.3) is 0 Å². The van der Waals surface area contributed by atoms with Gasteiger partial charge < -0.3 is 15.0 Å². The van der Waals surface area contributed by atoms with E-state index in [0.29, 0.717) is 25.9 Å². The molecule has 5 heteroatoms. The Hall–Kier alpha value is -1.26. The monoisotopic (exact) mass is 255 g/mol. The smallest absolute Gasteiger partial charge is 0.408 e. The van der Waals surface area contributed by atoms with Crippen molar-refractivity contribution in [2.45, 2.75) is 51.7 Å². The maximum absolute atomic E-state index is 11.7. The van der Waals surface area contributed by atoms with Gasteiger partial charge in [-0.05, 0) is 40.5 Å². The molecule has 0 spiro atoms. The molecule has 0 aromatic carbocycles. The molecule has 1 radical (unpaired) electrons. The lowest BCUT2D eigenvalue weighted by Crippen LogP contribution is -2.55. The number of hydrogen-bond donors (Lipinski definition) is 1. The molecule has 1 aliphatic rings. The molecule has 1 rings (SSSR count). The largest absolute Gasteiger partial charge is 0.444 e. The zero-order chi connectivity index (χ0) is 14.0. The van der Waals surface area contributed by atoms with Crippen molar-refractivity contribution in [3.63, 3.8) is 0 Å². The number of likely N-dealkylation sites (tertiary alicyclic amines) is 1. The average molecular weight is 255 g/mol. The molecule has 18 heavy (non-hydrogen) atoms. The van der Waals surface area contributed by atoms with E-state index in [9.17, 15) is 9.59 Å². The molecule has 0 saturated carbocycles. The number of nitrogens with one attached hydrogen (secondary N) is 1. The van der Waals surface area contributed by atoms with E-state index in [4.69, 9.17) is 4.74 Å². The SMILES string of the molecule is [CH2]C1(NC(=O)OC(C)(C)C)CCN(C(C)=O)CC1. The second-order valence-electron chi connectivity index (χ2n) is 5.91. The van der Waals surface area contributed by atoms with E-state index in [1.54, 1.807) is 11.8 Å². The zero-order valence-electron chi connectivity index (χ0n) is 11.7. The second-order valence-corrected chi connectivity index (χ2v) is 5.91. The highest BCUT2D eigenvalue weighted by molar-refractivity contribution is 5.73. The zero-order valence-corrected chi connectivity index (χ0v) is 11.7. The summed E-state index contributed by atoms with van der Waals surface area (Å²) in [4.78, 5) is 24.7. The van der Waals surface area contributed by atoms with Crippen LogP contribution >= 0.6 is 0 Å². The van der Waals surface area contributed by atoms with Crippen LogP contribution in [0.5, 0.6) is 0 Å². The second kappa shape index (κ2) is 5.16. The molecule has 103 valence electrons. The fraction of sp³-hybridized carbons (Fsp3) is 0.769. The van der Waals surface area contributed by atoms with E-state index < -0.39 is 17.2 Å². The van der Waals surface area contributed by atoms with Gasteiger partial charge in [-0.1, -0.05) is 0 Å². The standard InChI is InChI=1S/C13H23N2O3/c1-10(16)15-8-6-13(5,7-9-15)14-11(17)18-12(2,3)4/h5-9H2,1-4H3,(H,14,17). The van der Waals surface area contributed by atoms with Gasteiger partial charge >= 0.3 is 6.09 Å². The molecule has 1 fully saturated rings. The number of piperidine rings is 1. The molecule has 0 aromatic rings. The highest BCUT2D eigenvalue weighted by Gasteiger charge is 2.33. The summed E-state index contributed by atoms with van der Waals surface area (Å²) in [6.45, 7) is 12.3. The number of carbonyl (C=O) groups excluding carboxylic acids is 2. The first-order chi connectivity index (χ1) is 8.11. The van der Waals surface area contributed by atoms with Crippen LogP contribution in [0.15, 0.2) is 0 Å². The molecule has 0 atom stereocenters. The molecule has 0 aromatic heterocycles. The maximum Gasteiger partial charge on any atom is 0.408 e. The van der Waals surface area contributed by atoms with Crippen molar-refractivity contribution in [2.75, 3.05) is 13.1 Å². The number of rotatable bonds is 1. The quantitative estimate of drug-likeness (QED) is 0.776. The molecule has 0 unspecified atom stereocenters. The Labute approximate surface area is 109 Å². The van der Waals surface area contributed by atoms with Crippen LogP contribution in [0.1, 0.15) is 40.5 Å². The molecule has 1 heterocycles. The Morgan fingerprint density at radius 2 is 1.78 bits per heavy atom. The van der Waals surface area contributed by atoms with Crippen LogP contribution in [-0.4, -0.2) is 41.1 Å². The molecule has 1 saturated heterocycles. The van der Waals surface area contributed by atoms with Crippen LogP contribution in [0.2, 0.25) is 0 Å². The molecule has 2 amide bonds. The van der Waals surface area contributed by atoms with Crippen molar-refractivity contribution < 1.29 is 14.3 Å². The Balaban J connectivity index is 2.48. The van der Waals surface area contributed by atoms with E-state index in [1.165, 1.54) is 0 Å². The van der Waals surface area contributed by atoms with Crippen molar-refractivity contribution in [1.82, 2.24) is 10.2 Å². The highest BCUT2D eigenvalue weighted by atomic mass is 16.6. The van der Waals surface area contributed by atoms with Crippen molar-refractivity contribution in [2.24, 2.45) is 0 Å². The molecule has 1 N–H and O–H groups in total. The summed E-state index contributed by atoms with van der Waals surface area (Å²) in [5, 5.41) is 2.80. The number of ether oxygens (including phenoxy) is 1. The van der Waals surface area contributed by atoms with Gasteiger partial charge in [0.15, 0.2) is 0 Å². The van der Waals surface area contributed by atoms with Gasteiger partial charge in [-0.2, -0.15) is 0 Å². The van der Waals surface area contributed by atoms with Crippen LogP contribution < -0.4 is 5.32 Å². The molecular weight excluding hydrogens is 232 g/mol. The normalized spacial score (nSPS) is 19.3. The first kappa shape index (κ1) is 14.8. The number of carbonyl (C=O) groups is 2. The lowest BCUT2D eigenvalue weighted by atomic mass is 9.90. The summed E-state index contributed by atoms with van der Waals surface area (Å²) in [6.07, 6.45) is 0.839. The Morgan fingerprint density at radius 1 is 1.28 bits per heavy atom. The average Bonchev–Trinajstić information content (AvgIpc) is 2.13. The first-order valence-corrected chi connectivity index (χ1v) is 6.23. The third-order valence-corrected chi connectivity index (χ3v) is 2.93. The molecule has 5 nitrogen and oxygen atoms in total. The molecule has 0 aliphatic carbocycles. The lowest BCUT2D eigenvalue weighted by molar-refractivity contribution is -0.130. The number of hydrogen-bond acceptors (Lipinski definition) is 3. The van der Waals surface area contributed by atoms with E-state index in [1.807, 2.05) is 20.8 Å². The van der Waals surface area contributed by atoms with Gasteiger partial charge in [0.05, 0.1) is 0 Å². The summed E-state index contributed by atoms with van der Waals surface area (Å²) in [5.41, 5.74) is -1.05. The fourth-order valence-electron chi connectivity index (χ4n) is 1.89. The van der Waals surface area contributed by atoms with E-state index >= 15 is 0 Å². The van der Waals surface area contributed by atoms with Gasteiger partial charge in [-0.25, -0.2) is 4.79 Å². The fourth-order valence-corrected chi connectivity index (χ4v) is 1.89. The van der Waals surface area contributed by atoms with Crippen molar-refractivity contribution in [1.29, 1.82) is 0 Å². The number of nitrogens with zero attached hydrogens (tertiary/aromatic N) is 1. The van der Waals surface area contributed by atoms with E-state index in [0.717, 1.165) is 0 Å². The first-order valence-electron chi connectivity index (χ1n) is 6.23. The third kappa shape index (κ3) is 4.55. The predicted octanol–water partition coefficient (Wildman–Crippen LogP) is 1.73. The summed E-state index contributed by atoms with van der Waals surface area (Å²) < 4.78 is 5.21. The Bertz CT molecular complexity index is 326. The minimum atomic E-state index is -0.533. The number of amides is 2. The minimum Gasteiger partial charge on any atom is -0.444 e. The van der Waals surface area contributed by atoms with Crippen molar-refractivity contribution in [3.05, 3.63) is 6.92 Å². The van der Waals surface area contributed by atoms with Crippen LogP contribution in [0.4, 0.5) is 4.79 Å². The minimum absolute atomic E-state index is 0.0642. The summed E-state index contributed by atoms with van der Waals surface area (Å²) >= 11 is 0. The molecular formula is C13H23N2O3. The summed E-state index contributed by atoms with van der Waals surface area (Å²) in [6, 6.07) is 0. The maximum atomic E-state index is 11.7. The predicted molar refractivity (Wildman–Crippen MR) is 68.9 cm³/mol. The summed E-state index contributed by atoms with van der Waals surface area (Å²) in [7, 11) is 0. The molecule has 0 bridgehead atoms.